The van der Waals surface area contributed by atoms with E-state index in [1.54, 1.807) is 0 Å². The van der Waals surface area contributed by atoms with Crippen LogP contribution in [0.3, 0.4) is 0 Å². The summed E-state index contributed by atoms with van der Waals surface area (Å²) in [6.45, 7) is 3.26. The Balaban J connectivity index is 1.96. The van der Waals surface area contributed by atoms with Gasteiger partial charge in [-0.05, 0) is 13.3 Å². The Morgan fingerprint density at radius 2 is 2.24 bits per heavy atom. The van der Waals surface area contributed by atoms with Crippen LogP contribution in [0.2, 0.25) is 0 Å². The summed E-state index contributed by atoms with van der Waals surface area (Å²) in [5, 5.41) is 8.83. The van der Waals surface area contributed by atoms with Crippen LogP contribution in [0.25, 0.3) is 0 Å². The second-order valence-electron chi connectivity index (χ2n) is 3.97. The van der Waals surface area contributed by atoms with Gasteiger partial charge >= 0.3 is 6.18 Å². The molecule has 1 aliphatic rings. The second kappa shape index (κ2) is 4.77. The molecule has 4 nitrogen and oxygen atoms in total. The van der Waals surface area contributed by atoms with E-state index in [-0.39, 0.29) is 11.2 Å². The van der Waals surface area contributed by atoms with E-state index in [1.807, 2.05) is 6.92 Å². The summed E-state index contributed by atoms with van der Waals surface area (Å²) in [6.07, 6.45) is -3.50. The number of nitrogens with one attached hydrogen (secondary N) is 1. The summed E-state index contributed by atoms with van der Waals surface area (Å²) in [7, 11) is 0. The third kappa shape index (κ3) is 3.06. The first-order chi connectivity index (χ1) is 7.97. The molecule has 0 radical (unpaired) electrons. The van der Waals surface area contributed by atoms with Gasteiger partial charge in [-0.15, -0.1) is 10.2 Å². The molecule has 2 rings (SSSR count). The van der Waals surface area contributed by atoms with Gasteiger partial charge in [0.25, 0.3) is 0 Å². The van der Waals surface area contributed by atoms with Crippen molar-refractivity contribution in [1.29, 1.82) is 0 Å². The van der Waals surface area contributed by atoms with Gasteiger partial charge < -0.3 is 10.1 Å². The van der Waals surface area contributed by atoms with E-state index in [2.05, 4.69) is 15.5 Å². The SMILES string of the molecule is CC(Nc1nnc(C(F)(F)F)s1)C1CCOC1. The molecule has 0 saturated carbocycles. The van der Waals surface area contributed by atoms with Gasteiger partial charge in [-0.2, -0.15) is 13.2 Å². The molecular weight excluding hydrogens is 255 g/mol. The highest BCUT2D eigenvalue weighted by molar-refractivity contribution is 7.15. The fourth-order valence-electron chi connectivity index (χ4n) is 1.66. The van der Waals surface area contributed by atoms with Crippen molar-refractivity contribution in [1.82, 2.24) is 10.2 Å². The number of alkyl halides is 3. The molecule has 2 heterocycles. The first-order valence-electron chi connectivity index (χ1n) is 5.22. The molecule has 17 heavy (non-hydrogen) atoms. The number of aromatic nitrogens is 2. The Bertz CT molecular complexity index is 376. The van der Waals surface area contributed by atoms with Gasteiger partial charge in [0.15, 0.2) is 0 Å². The van der Waals surface area contributed by atoms with Crippen molar-refractivity contribution in [2.45, 2.75) is 25.6 Å². The zero-order valence-corrected chi connectivity index (χ0v) is 9.94. The number of hydrogen-bond donors (Lipinski definition) is 1. The number of halogens is 3. The Kier molecular flexibility index (Phi) is 3.53. The Hall–Kier alpha value is -0.890. The maximum Gasteiger partial charge on any atom is 0.445 e. The van der Waals surface area contributed by atoms with Crippen LogP contribution in [-0.2, 0) is 10.9 Å². The predicted octanol–water partition coefficient (Wildman–Crippen LogP) is 2.39. The normalized spacial score (nSPS) is 22.7. The van der Waals surface area contributed by atoms with Crippen LogP contribution in [0, 0.1) is 5.92 Å². The van der Waals surface area contributed by atoms with Gasteiger partial charge in [-0.3, -0.25) is 0 Å². The van der Waals surface area contributed by atoms with Gasteiger partial charge in [-0.1, -0.05) is 11.3 Å². The quantitative estimate of drug-likeness (QED) is 0.913. The molecule has 0 bridgehead atoms. The Morgan fingerprint density at radius 3 is 2.76 bits per heavy atom. The van der Waals surface area contributed by atoms with Crippen LogP contribution in [0.1, 0.15) is 18.4 Å². The van der Waals surface area contributed by atoms with Crippen molar-refractivity contribution in [3.63, 3.8) is 0 Å². The lowest BCUT2D eigenvalue weighted by Crippen LogP contribution is -2.25. The standard InChI is InChI=1S/C9H12F3N3OS/c1-5(6-2-3-16-4-6)13-8-15-14-7(17-8)9(10,11)12/h5-6H,2-4H2,1H3,(H,13,15). The van der Waals surface area contributed by atoms with Crippen molar-refractivity contribution in [2.24, 2.45) is 5.92 Å². The molecule has 0 amide bonds. The summed E-state index contributed by atoms with van der Waals surface area (Å²) < 4.78 is 42.1. The van der Waals surface area contributed by atoms with Crippen molar-refractivity contribution in [3.05, 3.63) is 5.01 Å². The highest BCUT2D eigenvalue weighted by Crippen LogP contribution is 2.33. The molecule has 0 aromatic carbocycles. The average molecular weight is 267 g/mol. The van der Waals surface area contributed by atoms with Crippen molar-refractivity contribution >= 4 is 16.5 Å². The van der Waals surface area contributed by atoms with Crippen LogP contribution in [0.15, 0.2) is 0 Å². The van der Waals surface area contributed by atoms with Gasteiger partial charge in [0.05, 0.1) is 6.61 Å². The number of anilines is 1. The van der Waals surface area contributed by atoms with Crippen LogP contribution in [0.4, 0.5) is 18.3 Å². The Morgan fingerprint density at radius 1 is 1.47 bits per heavy atom. The van der Waals surface area contributed by atoms with Gasteiger partial charge in [-0.25, -0.2) is 0 Å². The molecule has 1 saturated heterocycles. The number of rotatable bonds is 3. The fraction of sp³-hybridized carbons (Fsp3) is 0.778. The van der Waals surface area contributed by atoms with Crippen LogP contribution in [0.5, 0.6) is 0 Å². The number of nitrogens with zero attached hydrogens (tertiary/aromatic N) is 2. The molecule has 2 atom stereocenters. The van der Waals surface area contributed by atoms with Gasteiger partial charge in [0, 0.05) is 18.6 Å². The van der Waals surface area contributed by atoms with Gasteiger partial charge in [0.1, 0.15) is 0 Å². The van der Waals surface area contributed by atoms with Crippen LogP contribution < -0.4 is 5.32 Å². The lowest BCUT2D eigenvalue weighted by atomic mass is 10.0. The molecule has 1 aromatic rings. The third-order valence-electron chi connectivity index (χ3n) is 2.69. The third-order valence-corrected chi connectivity index (χ3v) is 3.59. The maximum absolute atomic E-state index is 12.3. The highest BCUT2D eigenvalue weighted by atomic mass is 32.1. The molecule has 0 aliphatic carbocycles. The van der Waals surface area contributed by atoms with E-state index in [1.165, 1.54) is 0 Å². The summed E-state index contributed by atoms with van der Waals surface area (Å²) in [5.74, 6) is 0.313. The molecule has 96 valence electrons. The second-order valence-corrected chi connectivity index (χ2v) is 4.94. The number of hydrogen-bond acceptors (Lipinski definition) is 5. The molecule has 2 unspecified atom stereocenters. The molecule has 8 heteroatoms. The van der Waals surface area contributed by atoms with Crippen LogP contribution in [-0.4, -0.2) is 29.5 Å². The highest BCUT2D eigenvalue weighted by Gasteiger charge is 2.36. The lowest BCUT2D eigenvalue weighted by Gasteiger charge is -2.17. The number of ether oxygens (including phenoxy) is 1. The van der Waals surface area contributed by atoms with Crippen molar-refractivity contribution in [2.75, 3.05) is 18.5 Å². The monoisotopic (exact) mass is 267 g/mol. The van der Waals surface area contributed by atoms with Gasteiger partial charge in [0.2, 0.25) is 10.1 Å². The topological polar surface area (TPSA) is 47.0 Å². The van der Waals surface area contributed by atoms with Crippen LogP contribution >= 0.6 is 11.3 Å². The minimum atomic E-state index is -4.42. The summed E-state index contributed by atoms with van der Waals surface area (Å²) in [6, 6.07) is 0.0338. The van der Waals surface area contributed by atoms with E-state index >= 15 is 0 Å². The van der Waals surface area contributed by atoms with E-state index in [0.29, 0.717) is 30.5 Å². The van der Waals surface area contributed by atoms with E-state index in [9.17, 15) is 13.2 Å². The van der Waals surface area contributed by atoms with E-state index < -0.39 is 11.2 Å². The van der Waals surface area contributed by atoms with E-state index in [0.717, 1.165) is 6.42 Å². The minimum absolute atomic E-state index is 0.0338. The van der Waals surface area contributed by atoms with E-state index in [4.69, 9.17) is 4.74 Å². The first-order valence-corrected chi connectivity index (χ1v) is 6.03. The predicted molar refractivity (Wildman–Crippen MR) is 56.9 cm³/mol. The van der Waals surface area contributed by atoms with Crippen molar-refractivity contribution in [3.8, 4) is 0 Å². The fourth-order valence-corrected chi connectivity index (χ4v) is 2.36. The molecule has 1 aromatic heterocycles. The minimum Gasteiger partial charge on any atom is -0.381 e. The molecule has 1 aliphatic heterocycles. The zero-order valence-electron chi connectivity index (χ0n) is 9.12. The Labute approximate surface area is 100 Å². The maximum atomic E-state index is 12.3. The lowest BCUT2D eigenvalue weighted by molar-refractivity contribution is -0.138. The first kappa shape index (κ1) is 12.6. The summed E-state index contributed by atoms with van der Waals surface area (Å²) in [5.41, 5.74) is 0. The molecular formula is C9H12F3N3OS. The average Bonchev–Trinajstić information content (AvgIpc) is 2.85. The summed E-state index contributed by atoms with van der Waals surface area (Å²) in [4.78, 5) is 0. The largest absolute Gasteiger partial charge is 0.445 e. The molecule has 1 fully saturated rings. The summed E-state index contributed by atoms with van der Waals surface area (Å²) >= 11 is 0.528. The van der Waals surface area contributed by atoms with Crippen molar-refractivity contribution < 1.29 is 17.9 Å². The molecule has 1 N–H and O–H groups in total. The smallest absolute Gasteiger partial charge is 0.381 e. The zero-order chi connectivity index (χ0) is 12.5. The molecule has 0 spiro atoms.